The summed E-state index contributed by atoms with van der Waals surface area (Å²) in [5.41, 5.74) is 3.33. The highest BCUT2D eigenvalue weighted by Gasteiger charge is 2.14. The van der Waals surface area contributed by atoms with Gasteiger partial charge < -0.3 is 10.3 Å². The Labute approximate surface area is 159 Å². The molecule has 0 saturated carbocycles. The summed E-state index contributed by atoms with van der Waals surface area (Å²) in [4.78, 5) is 24.1. The summed E-state index contributed by atoms with van der Waals surface area (Å²) in [6.07, 6.45) is 1.53. The van der Waals surface area contributed by atoms with Crippen LogP contribution in [0.2, 0.25) is 10.2 Å². The largest absolute Gasteiger partial charge is 0.338 e. The van der Waals surface area contributed by atoms with E-state index in [1.807, 2.05) is 24.3 Å². The third-order valence-corrected chi connectivity index (χ3v) is 4.50. The molecule has 0 aliphatic rings. The lowest BCUT2D eigenvalue weighted by Crippen LogP contribution is -2.13. The van der Waals surface area contributed by atoms with Crippen molar-refractivity contribution >= 4 is 45.8 Å². The van der Waals surface area contributed by atoms with Gasteiger partial charge in [0, 0.05) is 17.4 Å². The number of aromatic nitrogens is 3. The Hall–Kier alpha value is -2.89. The number of rotatable bonds is 3. The van der Waals surface area contributed by atoms with Crippen molar-refractivity contribution in [3.8, 4) is 11.4 Å². The molecule has 5 nitrogen and oxygen atoms in total. The average Bonchev–Trinajstić information content (AvgIpc) is 3.07. The number of carbonyl (C=O) groups excluding carboxylic acids is 1. The molecular weight excluding hydrogens is 371 g/mol. The fraction of sp³-hybridized carbons (Fsp3) is 0. The smallest absolute Gasteiger partial charge is 0.258 e. The van der Waals surface area contributed by atoms with E-state index < -0.39 is 0 Å². The van der Waals surface area contributed by atoms with Crippen LogP contribution < -0.4 is 5.32 Å². The highest BCUT2D eigenvalue weighted by Crippen LogP contribution is 2.30. The van der Waals surface area contributed by atoms with E-state index >= 15 is 0 Å². The minimum Gasteiger partial charge on any atom is -0.338 e. The maximum absolute atomic E-state index is 12.4. The first-order valence-electron chi connectivity index (χ1n) is 7.78. The van der Waals surface area contributed by atoms with Crippen molar-refractivity contribution in [2.75, 3.05) is 5.32 Å². The number of amides is 1. The van der Waals surface area contributed by atoms with E-state index in [2.05, 4.69) is 20.3 Å². The Kier molecular flexibility index (Phi) is 4.32. The summed E-state index contributed by atoms with van der Waals surface area (Å²) in [5, 5.41) is 3.49. The number of aromatic amines is 1. The monoisotopic (exact) mass is 382 g/mol. The summed E-state index contributed by atoms with van der Waals surface area (Å²) in [5.74, 6) is 0.285. The lowest BCUT2D eigenvalue weighted by atomic mass is 10.1. The number of carbonyl (C=O) groups is 1. The minimum absolute atomic E-state index is 0.150. The summed E-state index contributed by atoms with van der Waals surface area (Å²) < 4.78 is 0. The second kappa shape index (κ2) is 6.78. The number of hydrogen-bond donors (Lipinski definition) is 2. The van der Waals surface area contributed by atoms with Gasteiger partial charge in [-0.25, -0.2) is 9.97 Å². The molecule has 7 heteroatoms. The first kappa shape index (κ1) is 16.6. The minimum atomic E-state index is -0.346. The molecule has 0 spiro atoms. The highest BCUT2D eigenvalue weighted by atomic mass is 35.5. The first-order chi connectivity index (χ1) is 12.6. The molecule has 0 radical (unpaired) electrons. The van der Waals surface area contributed by atoms with Crippen molar-refractivity contribution in [1.82, 2.24) is 15.0 Å². The van der Waals surface area contributed by atoms with Crippen molar-refractivity contribution in [1.29, 1.82) is 0 Å². The van der Waals surface area contributed by atoms with Crippen LogP contribution in [0.3, 0.4) is 0 Å². The highest BCUT2D eigenvalue weighted by molar-refractivity contribution is 6.34. The average molecular weight is 383 g/mol. The molecule has 1 amide bonds. The number of benzene rings is 2. The lowest BCUT2D eigenvalue weighted by Gasteiger charge is -2.08. The molecule has 2 heterocycles. The van der Waals surface area contributed by atoms with Crippen LogP contribution in [0.1, 0.15) is 10.4 Å². The SMILES string of the molecule is O=C(Nc1ccc(Cl)c(-c2nc3ccccc3[nH]2)c1)c1cccnc1Cl. The molecule has 2 aromatic carbocycles. The number of pyridine rings is 1. The molecule has 2 N–H and O–H groups in total. The maximum Gasteiger partial charge on any atom is 0.258 e. The Morgan fingerprint density at radius 1 is 1.04 bits per heavy atom. The van der Waals surface area contributed by atoms with Crippen LogP contribution in [0.5, 0.6) is 0 Å². The van der Waals surface area contributed by atoms with E-state index in [-0.39, 0.29) is 11.1 Å². The molecule has 128 valence electrons. The van der Waals surface area contributed by atoms with Crippen LogP contribution in [0.15, 0.2) is 60.8 Å². The standard InChI is InChI=1S/C19H12Cl2N4O/c20-14-8-7-11(23-19(26)12-4-3-9-22-17(12)21)10-13(14)18-24-15-5-1-2-6-16(15)25-18/h1-10H,(H,23,26)(H,24,25). The van der Waals surface area contributed by atoms with Crippen molar-refractivity contribution in [2.24, 2.45) is 0 Å². The van der Waals surface area contributed by atoms with E-state index in [4.69, 9.17) is 23.2 Å². The van der Waals surface area contributed by atoms with E-state index in [0.29, 0.717) is 27.7 Å². The summed E-state index contributed by atoms with van der Waals surface area (Å²) >= 11 is 12.3. The Morgan fingerprint density at radius 3 is 2.69 bits per heavy atom. The lowest BCUT2D eigenvalue weighted by molar-refractivity contribution is 0.102. The molecule has 0 aliphatic heterocycles. The van der Waals surface area contributed by atoms with Gasteiger partial charge >= 0.3 is 0 Å². The summed E-state index contributed by atoms with van der Waals surface area (Å²) in [7, 11) is 0. The van der Waals surface area contributed by atoms with Crippen LogP contribution in [0.25, 0.3) is 22.4 Å². The maximum atomic E-state index is 12.4. The quantitative estimate of drug-likeness (QED) is 0.479. The van der Waals surface area contributed by atoms with Gasteiger partial charge in [0.15, 0.2) is 0 Å². The van der Waals surface area contributed by atoms with Crippen LogP contribution in [-0.2, 0) is 0 Å². The van der Waals surface area contributed by atoms with Crippen LogP contribution >= 0.6 is 23.2 Å². The number of fused-ring (bicyclic) bond motifs is 1. The Balaban J connectivity index is 1.68. The second-order valence-electron chi connectivity index (χ2n) is 5.59. The van der Waals surface area contributed by atoms with Crippen molar-refractivity contribution in [2.45, 2.75) is 0 Å². The number of para-hydroxylation sites is 2. The molecule has 0 saturated heterocycles. The number of nitrogens with zero attached hydrogens (tertiary/aromatic N) is 2. The molecular formula is C19H12Cl2N4O. The molecule has 0 fully saturated rings. The van der Waals surface area contributed by atoms with Crippen molar-refractivity contribution < 1.29 is 4.79 Å². The molecule has 2 aromatic heterocycles. The Bertz CT molecular complexity index is 1090. The third kappa shape index (κ3) is 3.14. The molecule has 26 heavy (non-hydrogen) atoms. The van der Waals surface area contributed by atoms with Crippen molar-refractivity contribution in [3.05, 3.63) is 76.5 Å². The zero-order chi connectivity index (χ0) is 18.1. The Morgan fingerprint density at radius 2 is 1.88 bits per heavy atom. The van der Waals surface area contributed by atoms with E-state index in [0.717, 1.165) is 11.0 Å². The third-order valence-electron chi connectivity index (χ3n) is 3.87. The number of anilines is 1. The predicted octanol–water partition coefficient (Wildman–Crippen LogP) is 5.18. The van der Waals surface area contributed by atoms with Gasteiger partial charge in [0.05, 0.1) is 21.6 Å². The number of H-pyrrole nitrogens is 1. The van der Waals surface area contributed by atoms with Crippen molar-refractivity contribution in [3.63, 3.8) is 0 Å². The fourth-order valence-corrected chi connectivity index (χ4v) is 3.03. The zero-order valence-electron chi connectivity index (χ0n) is 13.3. The molecule has 0 atom stereocenters. The van der Waals surface area contributed by atoms with Crippen LogP contribution in [0, 0.1) is 0 Å². The predicted molar refractivity (Wildman–Crippen MR) is 104 cm³/mol. The van der Waals surface area contributed by atoms with Gasteiger partial charge in [0.1, 0.15) is 11.0 Å². The molecule has 4 rings (SSSR count). The van der Waals surface area contributed by atoms with Gasteiger partial charge in [0.25, 0.3) is 5.91 Å². The van der Waals surface area contributed by atoms with Crippen LogP contribution in [-0.4, -0.2) is 20.9 Å². The van der Waals surface area contributed by atoms with Gasteiger partial charge in [-0.1, -0.05) is 35.3 Å². The topological polar surface area (TPSA) is 70.7 Å². The molecule has 4 aromatic rings. The fourth-order valence-electron chi connectivity index (χ4n) is 2.62. The summed E-state index contributed by atoms with van der Waals surface area (Å²) in [6.45, 7) is 0. The second-order valence-corrected chi connectivity index (χ2v) is 6.36. The number of imidazole rings is 1. The van der Waals surface area contributed by atoms with E-state index in [9.17, 15) is 4.79 Å². The zero-order valence-corrected chi connectivity index (χ0v) is 14.8. The molecule has 0 unspecified atom stereocenters. The van der Waals surface area contributed by atoms with E-state index in [1.54, 1.807) is 30.3 Å². The first-order valence-corrected chi connectivity index (χ1v) is 8.54. The van der Waals surface area contributed by atoms with Gasteiger partial charge in [-0.3, -0.25) is 4.79 Å². The van der Waals surface area contributed by atoms with Crippen LogP contribution in [0.4, 0.5) is 5.69 Å². The number of halogens is 2. The summed E-state index contributed by atoms with van der Waals surface area (Å²) in [6, 6.07) is 16.2. The van der Waals surface area contributed by atoms with E-state index in [1.165, 1.54) is 6.20 Å². The van der Waals surface area contributed by atoms with Gasteiger partial charge in [-0.05, 0) is 42.5 Å². The molecule has 0 aliphatic carbocycles. The number of nitrogens with one attached hydrogen (secondary N) is 2. The van der Waals surface area contributed by atoms with Gasteiger partial charge in [0.2, 0.25) is 0 Å². The van der Waals surface area contributed by atoms with Gasteiger partial charge in [-0.15, -0.1) is 0 Å². The number of hydrogen-bond acceptors (Lipinski definition) is 3. The van der Waals surface area contributed by atoms with Gasteiger partial charge in [-0.2, -0.15) is 0 Å². The molecule has 0 bridgehead atoms. The normalized spacial score (nSPS) is 10.8.